The molecule has 11 heteroatoms. The molecule has 0 fully saturated rings. The second-order valence-electron chi connectivity index (χ2n) is 4.67. The normalized spacial score (nSPS) is 14.5. The third-order valence-corrected chi connectivity index (χ3v) is 4.67. The number of nitrogens with one attached hydrogen (secondary N) is 1. The molecule has 0 saturated carbocycles. The largest absolute Gasteiger partial charge is 0.380 e. The Morgan fingerprint density at radius 3 is 2.42 bits per heavy atom. The molecule has 1 aromatic rings. The van der Waals surface area contributed by atoms with Gasteiger partial charge in [0.1, 0.15) is 0 Å². The number of methoxy groups -OCH3 is 1. The van der Waals surface area contributed by atoms with Crippen molar-refractivity contribution in [1.82, 2.24) is 9.55 Å². The van der Waals surface area contributed by atoms with Gasteiger partial charge < -0.3 is 23.3 Å². The van der Waals surface area contributed by atoms with Crippen molar-refractivity contribution in [2.24, 2.45) is 0 Å². The maximum absolute atomic E-state index is 12.0. The van der Waals surface area contributed by atoms with Crippen molar-refractivity contribution in [3.63, 3.8) is 0 Å². The average molecular weight is 366 g/mol. The van der Waals surface area contributed by atoms with Crippen molar-refractivity contribution >= 4 is 7.60 Å². The average Bonchev–Trinajstić information content (AvgIpc) is 2.57. The Kier molecular flexibility index (Phi) is 8.54. The van der Waals surface area contributed by atoms with E-state index in [1.807, 2.05) is 0 Å². The van der Waals surface area contributed by atoms with Gasteiger partial charge in [0, 0.05) is 33.6 Å². The van der Waals surface area contributed by atoms with Crippen LogP contribution in [0.2, 0.25) is 0 Å². The Morgan fingerprint density at radius 1 is 1.25 bits per heavy atom. The van der Waals surface area contributed by atoms with Crippen molar-refractivity contribution in [2.45, 2.75) is 25.9 Å². The fraction of sp³-hybridized carbons (Fsp3) is 0.692. The molecule has 0 saturated heterocycles. The third-order valence-electron chi connectivity index (χ3n) is 3.09. The van der Waals surface area contributed by atoms with Crippen LogP contribution in [0.5, 0.6) is 0 Å². The maximum atomic E-state index is 12.0. The van der Waals surface area contributed by atoms with E-state index in [9.17, 15) is 14.2 Å². The molecule has 2 atom stereocenters. The van der Waals surface area contributed by atoms with Crippen LogP contribution < -0.4 is 11.2 Å². The predicted octanol–water partition coefficient (Wildman–Crippen LogP) is 0.894. The zero-order valence-corrected chi connectivity index (χ0v) is 15.0. The van der Waals surface area contributed by atoms with Crippen molar-refractivity contribution in [3.8, 4) is 0 Å². The van der Waals surface area contributed by atoms with Gasteiger partial charge in [-0.1, -0.05) is 6.92 Å². The van der Waals surface area contributed by atoms with Crippen LogP contribution in [0.4, 0.5) is 0 Å². The highest BCUT2D eigenvalue weighted by Gasteiger charge is 2.25. The van der Waals surface area contributed by atoms with E-state index < -0.39 is 31.4 Å². The zero-order valence-electron chi connectivity index (χ0n) is 14.1. The summed E-state index contributed by atoms with van der Waals surface area (Å²) in [5, 5.41) is 0. The summed E-state index contributed by atoms with van der Waals surface area (Å²) in [6.45, 7) is 1.83. The lowest BCUT2D eigenvalue weighted by atomic mass is 10.4. The van der Waals surface area contributed by atoms with E-state index in [1.54, 1.807) is 6.92 Å². The van der Waals surface area contributed by atoms with Gasteiger partial charge in [0.05, 0.1) is 6.61 Å². The number of aromatic amines is 1. The van der Waals surface area contributed by atoms with Crippen molar-refractivity contribution in [3.05, 3.63) is 33.1 Å². The van der Waals surface area contributed by atoms with E-state index in [2.05, 4.69) is 4.98 Å². The Hall–Kier alpha value is -1.29. The summed E-state index contributed by atoms with van der Waals surface area (Å²) in [6.07, 6.45) is -0.228. The highest BCUT2D eigenvalue weighted by atomic mass is 31.2. The SMILES string of the molecule is CCC(OCP(=O)(OC)OC)O[C@H](COC)n1ccc(=O)[nH]c1=O. The summed E-state index contributed by atoms with van der Waals surface area (Å²) in [6, 6.07) is 1.19. The third kappa shape index (κ3) is 5.97. The summed E-state index contributed by atoms with van der Waals surface area (Å²) in [5.74, 6) is 0. The molecule has 0 aliphatic rings. The molecule has 0 radical (unpaired) electrons. The predicted molar refractivity (Wildman–Crippen MR) is 85.0 cm³/mol. The van der Waals surface area contributed by atoms with Crippen LogP contribution >= 0.6 is 7.60 Å². The van der Waals surface area contributed by atoms with Crippen LogP contribution in [0.1, 0.15) is 19.6 Å². The quantitative estimate of drug-likeness (QED) is 0.453. The van der Waals surface area contributed by atoms with Crippen LogP contribution in [-0.2, 0) is 27.8 Å². The molecule has 0 bridgehead atoms. The van der Waals surface area contributed by atoms with Crippen LogP contribution in [0.25, 0.3) is 0 Å². The number of hydrogen-bond acceptors (Lipinski definition) is 8. The Morgan fingerprint density at radius 2 is 1.92 bits per heavy atom. The Bertz CT molecular complexity index is 650. The van der Waals surface area contributed by atoms with Gasteiger partial charge in [0.15, 0.2) is 18.9 Å². The van der Waals surface area contributed by atoms with Gasteiger partial charge in [-0.15, -0.1) is 0 Å². The molecule has 0 amide bonds. The minimum absolute atomic E-state index is 0.0397. The molecule has 1 unspecified atom stereocenters. The number of aromatic nitrogens is 2. The van der Waals surface area contributed by atoms with Gasteiger partial charge in [0.25, 0.3) is 5.56 Å². The molecule has 0 aromatic carbocycles. The minimum Gasteiger partial charge on any atom is -0.380 e. The van der Waals surface area contributed by atoms with E-state index in [4.69, 9.17) is 23.3 Å². The smallest absolute Gasteiger partial charge is 0.355 e. The topological polar surface area (TPSA) is 118 Å². The molecule has 1 aromatic heterocycles. The van der Waals surface area contributed by atoms with E-state index >= 15 is 0 Å². The summed E-state index contributed by atoms with van der Waals surface area (Å²) in [4.78, 5) is 25.2. The number of hydrogen-bond donors (Lipinski definition) is 1. The molecular weight excluding hydrogens is 343 g/mol. The van der Waals surface area contributed by atoms with Crippen LogP contribution in [0.15, 0.2) is 21.9 Å². The van der Waals surface area contributed by atoms with E-state index in [-0.39, 0.29) is 13.0 Å². The number of ether oxygens (including phenoxy) is 3. The molecule has 24 heavy (non-hydrogen) atoms. The molecular formula is C13H23N2O8P. The second-order valence-corrected chi connectivity index (χ2v) is 6.88. The molecule has 0 spiro atoms. The number of H-pyrrole nitrogens is 1. The maximum Gasteiger partial charge on any atom is 0.355 e. The highest BCUT2D eigenvalue weighted by molar-refractivity contribution is 7.53. The van der Waals surface area contributed by atoms with Crippen LogP contribution in [-0.4, -0.2) is 50.1 Å². The van der Waals surface area contributed by atoms with E-state index in [0.29, 0.717) is 6.42 Å². The summed E-state index contributed by atoms with van der Waals surface area (Å²) >= 11 is 0. The van der Waals surface area contributed by atoms with Crippen molar-refractivity contribution in [2.75, 3.05) is 34.3 Å². The van der Waals surface area contributed by atoms with E-state index in [0.717, 1.165) is 0 Å². The first-order valence-corrected chi connectivity index (χ1v) is 8.89. The summed E-state index contributed by atoms with van der Waals surface area (Å²) in [5.41, 5.74) is -1.16. The van der Waals surface area contributed by atoms with E-state index in [1.165, 1.54) is 38.2 Å². The monoisotopic (exact) mass is 366 g/mol. The second kappa shape index (κ2) is 9.87. The summed E-state index contributed by atoms with van der Waals surface area (Å²) < 4.78 is 38.9. The van der Waals surface area contributed by atoms with Gasteiger partial charge in [-0.3, -0.25) is 18.9 Å². The van der Waals surface area contributed by atoms with Gasteiger partial charge >= 0.3 is 13.3 Å². The standard InChI is InChI=1S/C13H23N2O8P/c1-5-12(22-9-24(18,20-3)21-4)23-11(8-19-2)15-7-6-10(16)14-13(15)17/h6-7,11-12H,5,8-9H2,1-4H3,(H,14,16,17)/t11-,12?/m1/s1. The van der Waals surface area contributed by atoms with Gasteiger partial charge in [-0.05, 0) is 6.42 Å². The Balaban J connectivity index is 2.86. The molecule has 0 aliphatic carbocycles. The molecule has 0 aliphatic heterocycles. The molecule has 1 rings (SSSR count). The van der Waals surface area contributed by atoms with Crippen LogP contribution in [0, 0.1) is 0 Å². The highest BCUT2D eigenvalue weighted by Crippen LogP contribution is 2.46. The molecule has 10 nitrogen and oxygen atoms in total. The van der Waals surface area contributed by atoms with Crippen LogP contribution in [0.3, 0.4) is 0 Å². The van der Waals surface area contributed by atoms with Gasteiger partial charge in [-0.2, -0.15) is 0 Å². The first-order chi connectivity index (χ1) is 11.4. The van der Waals surface area contributed by atoms with Crippen molar-refractivity contribution in [1.29, 1.82) is 0 Å². The fourth-order valence-corrected chi connectivity index (χ4v) is 2.47. The van der Waals surface area contributed by atoms with Crippen molar-refractivity contribution < 1.29 is 27.8 Å². The fourth-order valence-electron chi connectivity index (χ4n) is 1.76. The lowest BCUT2D eigenvalue weighted by Crippen LogP contribution is -2.36. The number of rotatable bonds is 11. The molecule has 1 N–H and O–H groups in total. The first kappa shape index (κ1) is 20.8. The first-order valence-electron chi connectivity index (χ1n) is 7.17. The summed E-state index contributed by atoms with van der Waals surface area (Å²) in [7, 11) is 0.605. The van der Waals surface area contributed by atoms with Gasteiger partial charge in [-0.25, -0.2) is 4.79 Å². The van der Waals surface area contributed by atoms with Gasteiger partial charge in [0.2, 0.25) is 0 Å². The minimum atomic E-state index is -3.34. The lowest BCUT2D eigenvalue weighted by molar-refractivity contribution is -0.197. The number of nitrogens with zero attached hydrogens (tertiary/aromatic N) is 1. The lowest BCUT2D eigenvalue weighted by Gasteiger charge is -2.26. The molecule has 1 heterocycles. The Labute approximate surface area is 139 Å². The zero-order chi connectivity index (χ0) is 18.2. The molecule has 138 valence electrons.